The van der Waals surface area contributed by atoms with Crippen LogP contribution in [0.3, 0.4) is 0 Å². The molecule has 1 aromatic heterocycles. The molecule has 0 saturated carbocycles. The monoisotopic (exact) mass is 319 g/mol. The van der Waals surface area contributed by atoms with Crippen LogP contribution < -0.4 is 10.1 Å². The number of carbonyl (C=O) groups excluding carboxylic acids is 1. The minimum absolute atomic E-state index is 0.0154. The van der Waals surface area contributed by atoms with Crippen LogP contribution in [0, 0.1) is 12.8 Å². The lowest BCUT2D eigenvalue weighted by atomic mass is 9.97. The fraction of sp³-hybridized carbons (Fsp3) is 0.667. The van der Waals surface area contributed by atoms with Gasteiger partial charge in [0.15, 0.2) is 0 Å². The van der Waals surface area contributed by atoms with Crippen molar-refractivity contribution in [1.29, 1.82) is 0 Å². The van der Waals surface area contributed by atoms with Crippen molar-refractivity contribution in [2.45, 2.75) is 52.1 Å². The molecule has 1 aliphatic heterocycles. The first kappa shape index (κ1) is 17.7. The summed E-state index contributed by atoms with van der Waals surface area (Å²) < 4.78 is 5.79. The van der Waals surface area contributed by atoms with Crippen LogP contribution in [0.25, 0.3) is 0 Å². The van der Waals surface area contributed by atoms with Gasteiger partial charge in [-0.05, 0) is 53.3 Å². The predicted molar refractivity (Wildman–Crippen MR) is 91.5 cm³/mol. The highest BCUT2D eigenvalue weighted by atomic mass is 16.5. The van der Waals surface area contributed by atoms with Crippen molar-refractivity contribution < 1.29 is 9.53 Å². The maximum absolute atomic E-state index is 12.6. The van der Waals surface area contributed by atoms with E-state index < -0.39 is 5.54 Å². The van der Waals surface area contributed by atoms with E-state index in [2.05, 4.69) is 22.2 Å². The average Bonchev–Trinajstić information content (AvgIpc) is 2.91. The van der Waals surface area contributed by atoms with Gasteiger partial charge in [0.1, 0.15) is 6.61 Å². The van der Waals surface area contributed by atoms with Gasteiger partial charge in [0.2, 0.25) is 11.8 Å². The van der Waals surface area contributed by atoms with E-state index in [1.54, 1.807) is 6.20 Å². The Balaban J connectivity index is 1.89. The molecule has 0 bridgehead atoms. The fourth-order valence-electron chi connectivity index (χ4n) is 3.10. The van der Waals surface area contributed by atoms with E-state index in [1.165, 1.54) is 6.42 Å². The highest BCUT2D eigenvalue weighted by Crippen LogP contribution is 2.23. The van der Waals surface area contributed by atoms with Crippen molar-refractivity contribution in [3.63, 3.8) is 0 Å². The second-order valence-electron chi connectivity index (χ2n) is 7.27. The first-order chi connectivity index (χ1) is 10.8. The van der Waals surface area contributed by atoms with Crippen LogP contribution >= 0.6 is 0 Å². The molecule has 1 fully saturated rings. The third-order valence-corrected chi connectivity index (χ3v) is 4.56. The summed E-state index contributed by atoms with van der Waals surface area (Å²) in [6.45, 7) is 9.41. The van der Waals surface area contributed by atoms with Crippen LogP contribution in [-0.4, -0.2) is 47.6 Å². The molecule has 0 radical (unpaired) electrons. The van der Waals surface area contributed by atoms with E-state index in [0.717, 1.165) is 18.5 Å². The summed E-state index contributed by atoms with van der Waals surface area (Å²) in [5.41, 5.74) is 0.558. The van der Waals surface area contributed by atoms with Crippen molar-refractivity contribution in [3.05, 3.63) is 23.9 Å². The van der Waals surface area contributed by atoms with Crippen LogP contribution in [0.15, 0.2) is 18.3 Å². The molecule has 1 amide bonds. The smallest absolute Gasteiger partial charge is 0.224 e. The molecule has 1 saturated heterocycles. The molecule has 0 spiro atoms. The molecule has 1 N–H and O–H groups in total. The lowest BCUT2D eigenvalue weighted by Crippen LogP contribution is -2.52. The summed E-state index contributed by atoms with van der Waals surface area (Å²) in [5, 5.41) is 3.12. The van der Waals surface area contributed by atoms with E-state index in [-0.39, 0.29) is 11.8 Å². The van der Waals surface area contributed by atoms with Crippen molar-refractivity contribution in [3.8, 4) is 5.88 Å². The maximum Gasteiger partial charge on any atom is 0.224 e. The second-order valence-corrected chi connectivity index (χ2v) is 7.27. The number of aromatic nitrogens is 1. The molecular weight excluding hydrogens is 290 g/mol. The maximum atomic E-state index is 12.6. The summed E-state index contributed by atoms with van der Waals surface area (Å²) in [5.74, 6) is 0.701. The van der Waals surface area contributed by atoms with Crippen LogP contribution in [0.4, 0.5) is 0 Å². The highest BCUT2D eigenvalue weighted by molar-refractivity contribution is 5.79. The Morgan fingerprint density at radius 3 is 2.91 bits per heavy atom. The highest BCUT2D eigenvalue weighted by Gasteiger charge is 2.33. The van der Waals surface area contributed by atoms with Crippen molar-refractivity contribution >= 4 is 5.91 Å². The lowest BCUT2D eigenvalue weighted by Gasteiger charge is -2.31. The minimum atomic E-state index is -0.438. The summed E-state index contributed by atoms with van der Waals surface area (Å²) in [6, 6.07) is 4.19. The summed E-state index contributed by atoms with van der Waals surface area (Å²) >= 11 is 0. The Labute approximate surface area is 139 Å². The predicted octanol–water partition coefficient (Wildman–Crippen LogP) is 2.39. The SMILES string of the molecule is Cc1cccnc1OCC(C)(C)NC(=O)[C@@H](C)[C@@H]1CCCN1C. The van der Waals surface area contributed by atoms with Crippen LogP contribution in [-0.2, 0) is 4.79 Å². The molecule has 23 heavy (non-hydrogen) atoms. The molecule has 2 atom stereocenters. The zero-order chi connectivity index (χ0) is 17.0. The van der Waals surface area contributed by atoms with E-state index in [0.29, 0.717) is 18.5 Å². The van der Waals surface area contributed by atoms with Crippen LogP contribution in [0.1, 0.15) is 39.2 Å². The number of likely N-dealkylation sites (tertiary alicyclic amines) is 1. The Hall–Kier alpha value is -1.62. The molecule has 1 aliphatic rings. The van der Waals surface area contributed by atoms with Crippen LogP contribution in [0.5, 0.6) is 5.88 Å². The Morgan fingerprint density at radius 2 is 2.30 bits per heavy atom. The second kappa shape index (κ2) is 7.30. The van der Waals surface area contributed by atoms with E-state index >= 15 is 0 Å². The van der Waals surface area contributed by atoms with Gasteiger partial charge in [0, 0.05) is 17.8 Å². The van der Waals surface area contributed by atoms with Crippen LogP contribution in [0.2, 0.25) is 0 Å². The van der Waals surface area contributed by atoms with Gasteiger partial charge in [-0.1, -0.05) is 13.0 Å². The lowest BCUT2D eigenvalue weighted by molar-refractivity contribution is -0.128. The van der Waals surface area contributed by atoms with Gasteiger partial charge in [-0.15, -0.1) is 0 Å². The molecule has 128 valence electrons. The summed E-state index contributed by atoms with van der Waals surface area (Å²) in [7, 11) is 2.10. The van der Waals surface area contributed by atoms with Gasteiger partial charge in [-0.2, -0.15) is 0 Å². The molecule has 2 rings (SSSR count). The number of pyridine rings is 1. The fourth-order valence-corrected chi connectivity index (χ4v) is 3.10. The van der Waals surface area contributed by atoms with Gasteiger partial charge in [-0.3, -0.25) is 4.79 Å². The van der Waals surface area contributed by atoms with Gasteiger partial charge in [0.25, 0.3) is 0 Å². The Morgan fingerprint density at radius 1 is 1.57 bits per heavy atom. The van der Waals surface area contributed by atoms with Crippen molar-refractivity contribution in [2.75, 3.05) is 20.2 Å². The number of nitrogens with zero attached hydrogens (tertiary/aromatic N) is 2. The molecule has 1 aromatic rings. The Bertz CT molecular complexity index is 545. The summed E-state index contributed by atoms with van der Waals surface area (Å²) in [6.07, 6.45) is 3.98. The Kier molecular flexibility index (Phi) is 5.63. The van der Waals surface area contributed by atoms with E-state index in [4.69, 9.17) is 4.74 Å². The third kappa shape index (κ3) is 4.67. The number of hydrogen-bond acceptors (Lipinski definition) is 4. The molecular formula is C18H29N3O2. The molecule has 0 aliphatic carbocycles. The normalized spacial score (nSPS) is 20.3. The quantitative estimate of drug-likeness (QED) is 0.875. The first-order valence-electron chi connectivity index (χ1n) is 8.37. The molecule has 0 aromatic carbocycles. The van der Waals surface area contributed by atoms with Gasteiger partial charge in [0.05, 0.1) is 11.5 Å². The molecule has 5 nitrogen and oxygen atoms in total. The molecule has 0 unspecified atom stereocenters. The molecule has 5 heteroatoms. The summed E-state index contributed by atoms with van der Waals surface area (Å²) in [4.78, 5) is 19.1. The standard InChI is InChI=1S/C18H29N3O2/c1-13-8-6-10-19-17(13)23-12-18(3,4)20-16(22)14(2)15-9-7-11-21(15)5/h6,8,10,14-15H,7,9,11-12H2,1-5H3,(H,20,22)/t14-,15-/m0/s1. The zero-order valence-electron chi connectivity index (χ0n) is 14.9. The minimum Gasteiger partial charge on any atom is -0.475 e. The number of ether oxygens (including phenoxy) is 1. The number of carbonyl (C=O) groups is 1. The van der Waals surface area contributed by atoms with Gasteiger partial charge >= 0.3 is 0 Å². The van der Waals surface area contributed by atoms with Crippen molar-refractivity contribution in [2.24, 2.45) is 5.92 Å². The average molecular weight is 319 g/mol. The van der Waals surface area contributed by atoms with Crippen molar-refractivity contribution in [1.82, 2.24) is 15.2 Å². The first-order valence-corrected chi connectivity index (χ1v) is 8.37. The largest absolute Gasteiger partial charge is 0.475 e. The number of amides is 1. The third-order valence-electron chi connectivity index (χ3n) is 4.56. The van der Waals surface area contributed by atoms with E-state index in [9.17, 15) is 4.79 Å². The van der Waals surface area contributed by atoms with E-state index in [1.807, 2.05) is 39.8 Å². The topological polar surface area (TPSA) is 54.5 Å². The number of rotatable bonds is 6. The number of aryl methyl sites for hydroxylation is 1. The molecule has 2 heterocycles. The van der Waals surface area contributed by atoms with Gasteiger partial charge < -0.3 is 15.0 Å². The zero-order valence-corrected chi connectivity index (χ0v) is 14.9. The number of nitrogens with one attached hydrogen (secondary N) is 1. The number of hydrogen-bond donors (Lipinski definition) is 1. The van der Waals surface area contributed by atoms with Gasteiger partial charge in [-0.25, -0.2) is 4.98 Å².